The van der Waals surface area contributed by atoms with Crippen LogP contribution >= 0.6 is 0 Å². The predicted octanol–water partition coefficient (Wildman–Crippen LogP) is 1.96. The summed E-state index contributed by atoms with van der Waals surface area (Å²) in [7, 11) is 2.17. The molecular weight excluding hydrogens is 250 g/mol. The summed E-state index contributed by atoms with van der Waals surface area (Å²) in [4.78, 5) is 11.1. The zero-order valence-corrected chi connectivity index (χ0v) is 12.0. The van der Waals surface area contributed by atoms with Gasteiger partial charge in [-0.15, -0.1) is 0 Å². The summed E-state index contributed by atoms with van der Waals surface area (Å²) >= 11 is 0. The molecule has 0 amide bonds. The summed E-state index contributed by atoms with van der Waals surface area (Å²) < 4.78 is 0. The molecule has 3 N–H and O–H groups in total. The number of likely N-dealkylation sites (tertiary alicyclic amines) is 1. The zero-order chi connectivity index (χ0) is 14.1. The van der Waals surface area contributed by atoms with Crippen LogP contribution in [0.5, 0.6) is 0 Å². The van der Waals surface area contributed by atoms with Crippen molar-refractivity contribution in [3.63, 3.8) is 0 Å². The highest BCUT2D eigenvalue weighted by Gasteiger charge is 2.24. The van der Waals surface area contributed by atoms with Crippen LogP contribution in [0.3, 0.4) is 0 Å². The molecule has 0 bridgehead atoms. The van der Waals surface area contributed by atoms with Gasteiger partial charge >= 0.3 is 0 Å². The highest BCUT2D eigenvalue weighted by atomic mass is 15.1. The smallest absolute Gasteiger partial charge is 0.137 e. The molecular formula is C15H21N5. The Morgan fingerprint density at radius 1 is 1.35 bits per heavy atom. The minimum atomic E-state index is 0.450. The van der Waals surface area contributed by atoms with E-state index in [1.807, 2.05) is 18.2 Å². The number of hydrogen-bond donors (Lipinski definition) is 2. The predicted molar refractivity (Wildman–Crippen MR) is 82.6 cm³/mol. The van der Waals surface area contributed by atoms with Gasteiger partial charge in [-0.3, -0.25) is 0 Å². The van der Waals surface area contributed by atoms with E-state index in [-0.39, 0.29) is 0 Å². The second kappa shape index (κ2) is 5.25. The second-order valence-electron chi connectivity index (χ2n) is 5.78. The molecule has 106 valence electrons. The van der Waals surface area contributed by atoms with Gasteiger partial charge < -0.3 is 16.0 Å². The first-order chi connectivity index (χ1) is 9.63. The van der Waals surface area contributed by atoms with Gasteiger partial charge in [-0.1, -0.05) is 6.92 Å². The molecule has 0 aliphatic carbocycles. The van der Waals surface area contributed by atoms with Gasteiger partial charge in [0, 0.05) is 23.7 Å². The van der Waals surface area contributed by atoms with Gasteiger partial charge in [0.05, 0.1) is 5.52 Å². The van der Waals surface area contributed by atoms with Crippen LogP contribution in [0, 0.1) is 5.92 Å². The van der Waals surface area contributed by atoms with Crippen molar-refractivity contribution >= 4 is 22.4 Å². The van der Waals surface area contributed by atoms with E-state index in [9.17, 15) is 0 Å². The lowest BCUT2D eigenvalue weighted by molar-refractivity contribution is 0.206. The maximum atomic E-state index is 5.88. The summed E-state index contributed by atoms with van der Waals surface area (Å²) in [5.41, 5.74) is 7.55. The maximum absolute atomic E-state index is 5.88. The molecule has 0 radical (unpaired) electrons. The van der Waals surface area contributed by atoms with E-state index >= 15 is 0 Å². The van der Waals surface area contributed by atoms with E-state index in [1.165, 1.54) is 0 Å². The fourth-order valence-corrected chi connectivity index (χ4v) is 2.93. The molecule has 5 nitrogen and oxygen atoms in total. The van der Waals surface area contributed by atoms with Crippen LogP contribution in [0.2, 0.25) is 0 Å². The van der Waals surface area contributed by atoms with E-state index in [0.717, 1.165) is 41.9 Å². The summed E-state index contributed by atoms with van der Waals surface area (Å²) in [6.45, 7) is 4.51. The number of hydrogen-bond acceptors (Lipinski definition) is 5. The summed E-state index contributed by atoms with van der Waals surface area (Å²) in [6, 6.07) is 6.20. The Morgan fingerprint density at radius 2 is 2.20 bits per heavy atom. The maximum Gasteiger partial charge on any atom is 0.137 e. The van der Waals surface area contributed by atoms with Crippen molar-refractivity contribution in [2.75, 3.05) is 31.2 Å². The van der Waals surface area contributed by atoms with Crippen LogP contribution in [0.1, 0.15) is 13.3 Å². The van der Waals surface area contributed by atoms with Crippen LogP contribution < -0.4 is 11.1 Å². The Hall–Kier alpha value is -1.88. The molecule has 1 aromatic heterocycles. The van der Waals surface area contributed by atoms with Crippen LogP contribution in [-0.4, -0.2) is 41.0 Å². The normalized spacial score (nSPS) is 23.9. The average Bonchev–Trinajstić information content (AvgIpc) is 2.42. The molecule has 1 aromatic carbocycles. The van der Waals surface area contributed by atoms with Crippen LogP contribution in [0.15, 0.2) is 24.5 Å². The lowest BCUT2D eigenvalue weighted by Gasteiger charge is -2.35. The number of aromatic nitrogens is 2. The number of nitrogen functional groups attached to an aromatic ring is 1. The molecule has 2 atom stereocenters. The molecule has 0 spiro atoms. The molecule has 0 saturated carbocycles. The topological polar surface area (TPSA) is 67.1 Å². The van der Waals surface area contributed by atoms with Gasteiger partial charge in [-0.25, -0.2) is 9.97 Å². The first kappa shape index (κ1) is 13.1. The second-order valence-corrected chi connectivity index (χ2v) is 5.78. The highest BCUT2D eigenvalue weighted by Crippen LogP contribution is 2.25. The fraction of sp³-hybridized carbons (Fsp3) is 0.467. The zero-order valence-electron chi connectivity index (χ0n) is 12.0. The molecule has 20 heavy (non-hydrogen) atoms. The van der Waals surface area contributed by atoms with Crippen molar-refractivity contribution < 1.29 is 0 Å². The van der Waals surface area contributed by atoms with Crippen molar-refractivity contribution in [1.82, 2.24) is 14.9 Å². The summed E-state index contributed by atoms with van der Waals surface area (Å²) in [5, 5.41) is 4.59. The summed E-state index contributed by atoms with van der Waals surface area (Å²) in [5.74, 6) is 1.49. The fourth-order valence-electron chi connectivity index (χ4n) is 2.93. The molecule has 3 rings (SSSR count). The highest BCUT2D eigenvalue weighted by molar-refractivity contribution is 5.91. The standard InChI is InChI=1S/C15H21N5/c1-10-8-20(2)6-5-13(10)19-15-12-7-11(16)3-4-14(12)17-9-18-15/h3-4,7,9-10,13H,5-6,8,16H2,1-2H3,(H,17,18,19). The third kappa shape index (κ3) is 2.54. The molecule has 1 aliphatic heterocycles. The lowest BCUT2D eigenvalue weighted by atomic mass is 9.94. The van der Waals surface area contributed by atoms with E-state index in [2.05, 4.69) is 34.2 Å². The van der Waals surface area contributed by atoms with Gasteiger partial charge in [0.25, 0.3) is 0 Å². The molecule has 5 heteroatoms. The number of nitrogens with one attached hydrogen (secondary N) is 1. The average molecular weight is 271 g/mol. The number of fused-ring (bicyclic) bond motifs is 1. The molecule has 2 heterocycles. The van der Waals surface area contributed by atoms with E-state index in [1.54, 1.807) is 6.33 Å². The Balaban J connectivity index is 1.89. The number of nitrogens with zero attached hydrogens (tertiary/aromatic N) is 3. The van der Waals surface area contributed by atoms with Crippen LogP contribution in [0.25, 0.3) is 10.9 Å². The molecule has 1 fully saturated rings. The summed E-state index contributed by atoms with van der Waals surface area (Å²) in [6.07, 6.45) is 2.74. The Labute approximate surface area is 119 Å². The number of benzene rings is 1. The first-order valence-electron chi connectivity index (χ1n) is 7.09. The van der Waals surface area contributed by atoms with Crippen LogP contribution in [-0.2, 0) is 0 Å². The Kier molecular flexibility index (Phi) is 3.44. The van der Waals surface area contributed by atoms with Crippen molar-refractivity contribution in [3.8, 4) is 0 Å². The lowest BCUT2D eigenvalue weighted by Crippen LogP contribution is -2.43. The first-order valence-corrected chi connectivity index (χ1v) is 7.09. The van der Waals surface area contributed by atoms with Gasteiger partial charge in [-0.2, -0.15) is 0 Å². The van der Waals surface area contributed by atoms with Crippen LogP contribution in [0.4, 0.5) is 11.5 Å². The monoisotopic (exact) mass is 271 g/mol. The molecule has 2 unspecified atom stereocenters. The molecule has 1 aliphatic rings. The van der Waals surface area contributed by atoms with Gasteiger partial charge in [-0.05, 0) is 44.1 Å². The number of piperidine rings is 1. The number of rotatable bonds is 2. The van der Waals surface area contributed by atoms with Crippen molar-refractivity contribution in [2.24, 2.45) is 5.92 Å². The van der Waals surface area contributed by atoms with Crippen molar-refractivity contribution in [2.45, 2.75) is 19.4 Å². The Morgan fingerprint density at radius 3 is 3.00 bits per heavy atom. The minimum absolute atomic E-state index is 0.450. The molecule has 2 aromatic rings. The minimum Gasteiger partial charge on any atom is -0.399 e. The SMILES string of the molecule is CC1CN(C)CCC1Nc1ncnc2ccc(N)cc12. The Bertz CT molecular complexity index is 612. The van der Waals surface area contributed by atoms with E-state index < -0.39 is 0 Å². The number of nitrogens with two attached hydrogens (primary N) is 1. The van der Waals surface area contributed by atoms with Crippen molar-refractivity contribution in [1.29, 1.82) is 0 Å². The van der Waals surface area contributed by atoms with Crippen molar-refractivity contribution in [3.05, 3.63) is 24.5 Å². The third-order valence-corrected chi connectivity index (χ3v) is 4.09. The van der Waals surface area contributed by atoms with Gasteiger partial charge in [0.1, 0.15) is 12.1 Å². The van der Waals surface area contributed by atoms with Gasteiger partial charge in [0.2, 0.25) is 0 Å². The largest absolute Gasteiger partial charge is 0.399 e. The van der Waals surface area contributed by atoms with Gasteiger partial charge in [0.15, 0.2) is 0 Å². The third-order valence-electron chi connectivity index (χ3n) is 4.09. The quantitative estimate of drug-likeness (QED) is 0.817. The molecule has 1 saturated heterocycles. The van der Waals surface area contributed by atoms with E-state index in [0.29, 0.717) is 12.0 Å². The van der Waals surface area contributed by atoms with E-state index in [4.69, 9.17) is 5.73 Å². The number of anilines is 2.